The molecule has 0 radical (unpaired) electrons. The molecule has 136 valence electrons. The van der Waals surface area contributed by atoms with Gasteiger partial charge in [0.15, 0.2) is 23.0 Å². The van der Waals surface area contributed by atoms with Gasteiger partial charge in [-0.3, -0.25) is 4.79 Å². The van der Waals surface area contributed by atoms with Crippen molar-refractivity contribution in [2.45, 2.75) is 46.3 Å². The van der Waals surface area contributed by atoms with Crippen molar-refractivity contribution in [3.05, 3.63) is 47.4 Å². The third kappa shape index (κ3) is 5.85. The van der Waals surface area contributed by atoms with Gasteiger partial charge in [0.25, 0.3) is 5.91 Å². The lowest BCUT2D eigenvalue weighted by Crippen LogP contribution is -2.32. The van der Waals surface area contributed by atoms with E-state index in [0.717, 1.165) is 25.0 Å². The van der Waals surface area contributed by atoms with Gasteiger partial charge in [0.1, 0.15) is 12.4 Å². The minimum Gasteiger partial charge on any atom is -0.482 e. The predicted octanol–water partition coefficient (Wildman–Crippen LogP) is 4.09. The minimum atomic E-state index is -0.809. The normalized spacial score (nSPS) is 12.2. The van der Waals surface area contributed by atoms with E-state index in [2.05, 4.69) is 24.3 Å². The van der Waals surface area contributed by atoms with Gasteiger partial charge in [-0.15, -0.1) is 0 Å². The maximum atomic E-state index is 13.5. The Kier molecular flexibility index (Phi) is 6.50. The molecule has 0 aliphatic heterocycles. The van der Waals surface area contributed by atoms with Crippen molar-refractivity contribution < 1.29 is 22.8 Å². The molecule has 5 nitrogen and oxygen atoms in total. The quantitative estimate of drug-likeness (QED) is 0.777. The minimum absolute atomic E-state index is 0.0274. The monoisotopic (exact) mass is 352 g/mol. The lowest BCUT2D eigenvalue weighted by atomic mass is 10.0. The van der Waals surface area contributed by atoms with Crippen LogP contribution in [0.2, 0.25) is 0 Å². The number of aromatic nitrogens is 1. The largest absolute Gasteiger partial charge is 0.482 e. The Bertz CT molecular complexity index is 716. The number of ether oxygens (including phenoxy) is 1. The van der Waals surface area contributed by atoms with Crippen LogP contribution in [0, 0.1) is 17.6 Å². The van der Waals surface area contributed by atoms with Crippen LogP contribution in [0.1, 0.15) is 49.9 Å². The maximum absolute atomic E-state index is 13.5. The zero-order valence-electron chi connectivity index (χ0n) is 14.5. The molecule has 0 aliphatic carbocycles. The molecule has 7 heteroatoms. The van der Waals surface area contributed by atoms with Gasteiger partial charge < -0.3 is 14.6 Å². The number of carbonyl (C=O) groups excluding carboxylic acids is 1. The van der Waals surface area contributed by atoms with Gasteiger partial charge >= 0.3 is 0 Å². The third-order valence-electron chi connectivity index (χ3n) is 3.61. The first-order chi connectivity index (χ1) is 11.8. The number of nitrogens with zero attached hydrogens (tertiary/aromatic N) is 1. The van der Waals surface area contributed by atoms with E-state index < -0.39 is 11.6 Å². The molecule has 1 unspecified atom stereocenters. The number of hydrogen-bond acceptors (Lipinski definition) is 4. The van der Waals surface area contributed by atoms with Gasteiger partial charge in [-0.05, 0) is 37.8 Å². The predicted molar refractivity (Wildman–Crippen MR) is 88.2 cm³/mol. The number of amides is 1. The fraction of sp³-hybridized carbons (Fsp3) is 0.444. The highest BCUT2D eigenvalue weighted by atomic mass is 19.1. The van der Waals surface area contributed by atoms with E-state index in [1.165, 1.54) is 12.1 Å². The standard InChI is InChI=1S/C18H22F2N2O3/c1-11(2)4-5-12(3)21-18(23)16-9-14(25-22-16)10-24-17-7-6-13(19)8-15(17)20/h6-9,11-12H,4-5,10H2,1-3H3,(H,21,23). The van der Waals surface area contributed by atoms with Crippen molar-refractivity contribution in [3.8, 4) is 5.75 Å². The summed E-state index contributed by atoms with van der Waals surface area (Å²) in [5, 5.41) is 6.54. The van der Waals surface area contributed by atoms with Crippen LogP contribution in [-0.2, 0) is 6.61 Å². The Morgan fingerprint density at radius 1 is 1.24 bits per heavy atom. The summed E-state index contributed by atoms with van der Waals surface area (Å²) in [6, 6.07) is 4.47. The smallest absolute Gasteiger partial charge is 0.273 e. The molecule has 0 saturated carbocycles. The SMILES string of the molecule is CC(C)CCC(C)NC(=O)c1cc(COc2ccc(F)cc2F)on1. The molecule has 1 amide bonds. The van der Waals surface area contributed by atoms with Crippen LogP contribution in [0.15, 0.2) is 28.8 Å². The molecule has 0 bridgehead atoms. The van der Waals surface area contributed by atoms with E-state index in [1.54, 1.807) is 0 Å². The molecular formula is C18H22F2N2O3. The molecule has 0 aliphatic rings. The van der Waals surface area contributed by atoms with Crippen LogP contribution in [0.4, 0.5) is 8.78 Å². The second kappa shape index (κ2) is 8.60. The number of carbonyl (C=O) groups is 1. The Balaban J connectivity index is 1.87. The molecule has 1 atom stereocenters. The van der Waals surface area contributed by atoms with E-state index in [4.69, 9.17) is 9.26 Å². The third-order valence-corrected chi connectivity index (χ3v) is 3.61. The molecule has 25 heavy (non-hydrogen) atoms. The number of hydrogen-bond donors (Lipinski definition) is 1. The van der Waals surface area contributed by atoms with Gasteiger partial charge in [0, 0.05) is 18.2 Å². The first-order valence-corrected chi connectivity index (χ1v) is 8.19. The topological polar surface area (TPSA) is 64.4 Å². The summed E-state index contributed by atoms with van der Waals surface area (Å²) in [5.41, 5.74) is 0.134. The van der Waals surface area contributed by atoms with Crippen LogP contribution >= 0.6 is 0 Å². The van der Waals surface area contributed by atoms with Crippen molar-refractivity contribution >= 4 is 5.91 Å². The van der Waals surface area contributed by atoms with Crippen molar-refractivity contribution in [1.82, 2.24) is 10.5 Å². The molecule has 1 aromatic heterocycles. The van der Waals surface area contributed by atoms with Crippen molar-refractivity contribution in [3.63, 3.8) is 0 Å². The number of rotatable bonds is 8. The molecule has 2 rings (SSSR count). The van der Waals surface area contributed by atoms with Gasteiger partial charge in [0.2, 0.25) is 0 Å². The van der Waals surface area contributed by atoms with Gasteiger partial charge in [-0.2, -0.15) is 0 Å². The van der Waals surface area contributed by atoms with Crippen molar-refractivity contribution in [2.75, 3.05) is 0 Å². The summed E-state index contributed by atoms with van der Waals surface area (Å²) in [4.78, 5) is 12.1. The van der Waals surface area contributed by atoms with Crippen molar-refractivity contribution in [1.29, 1.82) is 0 Å². The first-order valence-electron chi connectivity index (χ1n) is 8.19. The van der Waals surface area contributed by atoms with Crippen LogP contribution in [0.5, 0.6) is 5.75 Å². The Morgan fingerprint density at radius 2 is 2.00 bits per heavy atom. The summed E-state index contributed by atoms with van der Waals surface area (Å²) in [7, 11) is 0. The molecule has 2 aromatic rings. The van der Waals surface area contributed by atoms with E-state index in [0.29, 0.717) is 5.92 Å². The Morgan fingerprint density at radius 3 is 2.68 bits per heavy atom. The summed E-state index contributed by atoms with van der Waals surface area (Å²) >= 11 is 0. The fourth-order valence-corrected chi connectivity index (χ4v) is 2.18. The maximum Gasteiger partial charge on any atom is 0.273 e. The van der Waals surface area contributed by atoms with E-state index >= 15 is 0 Å². The van der Waals surface area contributed by atoms with Crippen LogP contribution in [0.25, 0.3) is 0 Å². The highest BCUT2D eigenvalue weighted by Crippen LogP contribution is 2.19. The molecular weight excluding hydrogens is 330 g/mol. The van der Waals surface area contributed by atoms with E-state index in [9.17, 15) is 13.6 Å². The summed E-state index contributed by atoms with van der Waals surface area (Å²) < 4.78 is 36.5. The first kappa shape index (κ1) is 18.9. The lowest BCUT2D eigenvalue weighted by Gasteiger charge is -2.13. The Labute approximate surface area is 145 Å². The van der Waals surface area contributed by atoms with Crippen LogP contribution < -0.4 is 10.1 Å². The van der Waals surface area contributed by atoms with Crippen molar-refractivity contribution in [2.24, 2.45) is 5.92 Å². The number of halogens is 2. The molecule has 1 heterocycles. The molecule has 0 saturated heterocycles. The number of nitrogens with one attached hydrogen (secondary N) is 1. The molecule has 0 fully saturated rings. The van der Waals surface area contributed by atoms with Gasteiger partial charge in [-0.1, -0.05) is 19.0 Å². The second-order valence-electron chi connectivity index (χ2n) is 6.39. The van der Waals surface area contributed by atoms with Gasteiger partial charge in [0.05, 0.1) is 0 Å². The number of benzene rings is 1. The molecule has 0 spiro atoms. The fourth-order valence-electron chi connectivity index (χ4n) is 2.18. The highest BCUT2D eigenvalue weighted by molar-refractivity contribution is 5.92. The van der Waals surface area contributed by atoms with Crippen LogP contribution in [0.3, 0.4) is 0 Å². The van der Waals surface area contributed by atoms with E-state index in [1.807, 2.05) is 6.92 Å². The van der Waals surface area contributed by atoms with Gasteiger partial charge in [-0.25, -0.2) is 8.78 Å². The zero-order valence-corrected chi connectivity index (χ0v) is 14.5. The van der Waals surface area contributed by atoms with Crippen LogP contribution in [-0.4, -0.2) is 17.1 Å². The second-order valence-corrected chi connectivity index (χ2v) is 6.39. The lowest BCUT2D eigenvalue weighted by molar-refractivity contribution is 0.0927. The highest BCUT2D eigenvalue weighted by Gasteiger charge is 2.16. The average Bonchev–Trinajstić information content (AvgIpc) is 3.01. The Hall–Kier alpha value is -2.44. The molecule has 1 aromatic carbocycles. The average molecular weight is 352 g/mol. The van der Waals surface area contributed by atoms with E-state index in [-0.39, 0.29) is 35.8 Å². The summed E-state index contributed by atoms with van der Waals surface area (Å²) in [5.74, 6) is -1.09. The molecule has 1 N–H and O–H groups in total. The summed E-state index contributed by atoms with van der Waals surface area (Å²) in [6.45, 7) is 6.07. The summed E-state index contributed by atoms with van der Waals surface area (Å²) in [6.07, 6.45) is 1.89. The zero-order chi connectivity index (χ0) is 18.4.